The molecule has 0 spiro atoms. The summed E-state index contributed by atoms with van der Waals surface area (Å²) in [5, 5.41) is 0. The summed E-state index contributed by atoms with van der Waals surface area (Å²) in [5.41, 5.74) is 0. The second kappa shape index (κ2) is 10.2. The second-order valence-electron chi connectivity index (χ2n) is 2.66. The molecule has 0 aliphatic carbocycles. The van der Waals surface area contributed by atoms with Crippen LogP contribution in [0.3, 0.4) is 0 Å². The third-order valence-corrected chi connectivity index (χ3v) is 1.40. The third kappa shape index (κ3) is 13.7. The molecule has 2 heterocycles. The molecule has 0 atom stereocenters. The Bertz CT molecular complexity index is 140. The van der Waals surface area contributed by atoms with Crippen LogP contribution in [0.4, 0.5) is 0 Å². The summed E-state index contributed by atoms with van der Waals surface area (Å²) < 4.78 is 13.6. The lowest BCUT2D eigenvalue weighted by molar-refractivity contribution is -0.134. The van der Waals surface area contributed by atoms with E-state index >= 15 is 0 Å². The Labute approximate surface area is 84.8 Å². The van der Waals surface area contributed by atoms with Crippen molar-refractivity contribution < 1.29 is 19.0 Å². The van der Waals surface area contributed by atoms with Gasteiger partial charge in [-0.2, -0.15) is 0 Å². The second-order valence-corrected chi connectivity index (χ2v) is 2.66. The van der Waals surface area contributed by atoms with Gasteiger partial charge in [-0.3, -0.25) is 0 Å². The quantitative estimate of drug-likeness (QED) is 0.363. The summed E-state index contributed by atoms with van der Waals surface area (Å²) in [4.78, 5) is 9.84. The topological polar surface area (TPSA) is 48.1 Å². The first-order valence-electron chi connectivity index (χ1n) is 4.67. The molecule has 0 unspecified atom stereocenters. The number of carbonyl (C=O) groups excluding carboxylic acids is 1. The van der Waals surface area contributed by atoms with E-state index in [2.05, 4.69) is 16.1 Å². The van der Waals surface area contributed by atoms with E-state index in [-0.39, 0.29) is 0 Å². The number of hydrogen-bond donors (Lipinski definition) is 0. The lowest BCUT2D eigenvalue weighted by atomic mass is 10.4. The van der Waals surface area contributed by atoms with Crippen LogP contribution in [0.5, 0.6) is 0 Å². The molecule has 2 aliphatic rings. The van der Waals surface area contributed by atoms with E-state index in [1.165, 1.54) is 20.0 Å². The fourth-order valence-electron chi connectivity index (χ4n) is 0.594. The molecular weight excluding hydrogens is 184 g/mol. The minimum absolute atomic E-state index is 0.394. The van der Waals surface area contributed by atoms with Gasteiger partial charge in [0.2, 0.25) is 0 Å². The third-order valence-electron chi connectivity index (χ3n) is 1.40. The van der Waals surface area contributed by atoms with Crippen LogP contribution in [0, 0.1) is 0 Å². The molecule has 4 heteroatoms. The zero-order chi connectivity index (χ0) is 10.6. The summed E-state index contributed by atoms with van der Waals surface area (Å²) in [6, 6.07) is 0. The van der Waals surface area contributed by atoms with Crippen molar-refractivity contribution >= 4 is 5.97 Å². The van der Waals surface area contributed by atoms with Crippen molar-refractivity contribution in [3.63, 3.8) is 0 Å². The lowest BCUT2D eigenvalue weighted by Crippen LogP contribution is -1.91. The van der Waals surface area contributed by atoms with Crippen LogP contribution in [0.1, 0.15) is 12.8 Å². The number of rotatable bonds is 1. The maximum absolute atomic E-state index is 9.84. The van der Waals surface area contributed by atoms with E-state index in [1.807, 2.05) is 0 Å². The molecule has 0 radical (unpaired) electrons. The Balaban J connectivity index is 0.000000189. The molecule has 0 N–H and O–H groups in total. The Morgan fingerprint density at radius 2 is 1.71 bits per heavy atom. The van der Waals surface area contributed by atoms with E-state index < -0.39 is 5.97 Å². The number of ether oxygens (including phenoxy) is 3. The van der Waals surface area contributed by atoms with Crippen molar-refractivity contribution in [1.29, 1.82) is 0 Å². The smallest absolute Gasteiger partial charge is 0.329 e. The van der Waals surface area contributed by atoms with Gasteiger partial charge < -0.3 is 14.2 Å². The Morgan fingerprint density at radius 3 is 1.79 bits per heavy atom. The molecule has 0 aromatic rings. The van der Waals surface area contributed by atoms with Crippen LogP contribution in [-0.2, 0) is 19.0 Å². The first-order chi connectivity index (χ1) is 6.81. The summed E-state index contributed by atoms with van der Waals surface area (Å²) in [6.45, 7) is 7.16. The van der Waals surface area contributed by atoms with Crippen LogP contribution < -0.4 is 0 Å². The minimum atomic E-state index is -0.394. The summed E-state index contributed by atoms with van der Waals surface area (Å²) in [6.07, 6.45) is 3.67. The average molecular weight is 202 g/mol. The molecule has 0 bridgehead atoms. The van der Waals surface area contributed by atoms with Crippen molar-refractivity contribution in [1.82, 2.24) is 0 Å². The van der Waals surface area contributed by atoms with Gasteiger partial charge in [0, 0.05) is 19.3 Å². The van der Waals surface area contributed by atoms with Crippen LogP contribution >= 0.6 is 0 Å². The number of methoxy groups -OCH3 is 1. The van der Waals surface area contributed by atoms with E-state index in [1.54, 1.807) is 0 Å². The average Bonchev–Trinajstić information content (AvgIpc) is 3.00. The van der Waals surface area contributed by atoms with Crippen LogP contribution in [0.15, 0.2) is 12.7 Å². The number of hydrogen-bond acceptors (Lipinski definition) is 4. The van der Waals surface area contributed by atoms with Gasteiger partial charge in [0.05, 0.1) is 20.3 Å². The Morgan fingerprint density at radius 1 is 1.21 bits per heavy atom. The van der Waals surface area contributed by atoms with E-state index in [9.17, 15) is 4.79 Å². The lowest BCUT2D eigenvalue weighted by Gasteiger charge is -1.83. The highest BCUT2D eigenvalue weighted by atomic mass is 16.6. The maximum atomic E-state index is 9.84. The zero-order valence-electron chi connectivity index (χ0n) is 8.66. The van der Waals surface area contributed by atoms with Crippen molar-refractivity contribution in [2.45, 2.75) is 12.8 Å². The van der Waals surface area contributed by atoms with Gasteiger partial charge in [-0.15, -0.1) is 0 Å². The summed E-state index contributed by atoms with van der Waals surface area (Å²) in [5.74, 6) is -0.394. The highest BCUT2D eigenvalue weighted by Gasteiger charge is 1.94. The highest BCUT2D eigenvalue weighted by Crippen LogP contribution is 1.98. The molecule has 14 heavy (non-hydrogen) atoms. The van der Waals surface area contributed by atoms with Crippen molar-refractivity contribution in [3.05, 3.63) is 12.7 Å². The predicted octanol–water partition coefficient (Wildman–Crippen LogP) is 1.16. The molecule has 0 saturated carbocycles. The molecule has 2 saturated heterocycles. The van der Waals surface area contributed by atoms with Gasteiger partial charge in [0.15, 0.2) is 0 Å². The summed E-state index contributed by atoms with van der Waals surface area (Å²) >= 11 is 0. The van der Waals surface area contributed by atoms with E-state index in [0.29, 0.717) is 0 Å². The standard InChI is InChI=1S/C4H6O2.C4H8O.C2H4O/c1-3-4(5)6-2;1-2-4-5-3-1;1-2-3-1/h3H,1H2,2H3;1-4H2;1-2H2. The fourth-order valence-corrected chi connectivity index (χ4v) is 0.594. The molecule has 2 fully saturated rings. The Hall–Kier alpha value is -0.870. The molecule has 2 rings (SSSR count). The van der Waals surface area contributed by atoms with Gasteiger partial charge in [-0.25, -0.2) is 4.79 Å². The minimum Gasteiger partial charge on any atom is -0.466 e. The first-order valence-corrected chi connectivity index (χ1v) is 4.67. The molecule has 0 aromatic carbocycles. The molecular formula is C10H18O4. The van der Waals surface area contributed by atoms with Crippen molar-refractivity contribution in [2.24, 2.45) is 0 Å². The van der Waals surface area contributed by atoms with Crippen molar-refractivity contribution in [2.75, 3.05) is 33.5 Å². The van der Waals surface area contributed by atoms with Crippen LogP contribution in [0.2, 0.25) is 0 Å². The maximum Gasteiger partial charge on any atom is 0.329 e. The molecule has 2 aliphatic heterocycles. The first kappa shape index (κ1) is 13.1. The fraction of sp³-hybridized carbons (Fsp3) is 0.700. The number of esters is 1. The predicted molar refractivity (Wildman–Crippen MR) is 53.1 cm³/mol. The molecule has 4 nitrogen and oxygen atoms in total. The monoisotopic (exact) mass is 202 g/mol. The van der Waals surface area contributed by atoms with E-state index in [0.717, 1.165) is 32.5 Å². The normalized spacial score (nSPS) is 16.6. The zero-order valence-corrected chi connectivity index (χ0v) is 8.66. The van der Waals surface area contributed by atoms with Crippen LogP contribution in [-0.4, -0.2) is 39.5 Å². The van der Waals surface area contributed by atoms with Gasteiger partial charge in [0.1, 0.15) is 0 Å². The van der Waals surface area contributed by atoms with Gasteiger partial charge in [-0.05, 0) is 12.8 Å². The molecule has 82 valence electrons. The van der Waals surface area contributed by atoms with Gasteiger partial charge in [0.25, 0.3) is 0 Å². The Kier molecular flexibility index (Phi) is 9.58. The van der Waals surface area contributed by atoms with Gasteiger partial charge in [-0.1, -0.05) is 6.58 Å². The highest BCUT2D eigenvalue weighted by molar-refractivity contribution is 5.80. The van der Waals surface area contributed by atoms with Crippen LogP contribution in [0.25, 0.3) is 0 Å². The van der Waals surface area contributed by atoms with Gasteiger partial charge >= 0.3 is 5.97 Å². The molecule has 0 amide bonds. The van der Waals surface area contributed by atoms with E-state index in [4.69, 9.17) is 4.74 Å². The summed E-state index contributed by atoms with van der Waals surface area (Å²) in [7, 11) is 1.31. The molecule has 0 aromatic heterocycles. The number of epoxide rings is 1. The number of carbonyl (C=O) groups is 1. The SMILES string of the molecule is C1CCOC1.C1CO1.C=CC(=O)OC. The van der Waals surface area contributed by atoms with Crippen molar-refractivity contribution in [3.8, 4) is 0 Å². The largest absolute Gasteiger partial charge is 0.466 e.